The van der Waals surface area contributed by atoms with Gasteiger partial charge >= 0.3 is 0 Å². The minimum Gasteiger partial charge on any atom is -0.310 e. The first-order chi connectivity index (χ1) is 8.61. The first-order valence-corrected chi connectivity index (χ1v) is 6.79. The van der Waals surface area contributed by atoms with Gasteiger partial charge in [0.25, 0.3) is 0 Å². The molecule has 0 aliphatic heterocycles. The van der Waals surface area contributed by atoms with Crippen LogP contribution in [0.5, 0.6) is 0 Å². The van der Waals surface area contributed by atoms with E-state index in [-0.39, 0.29) is 11.6 Å². The van der Waals surface area contributed by atoms with E-state index in [4.69, 9.17) is 0 Å². The summed E-state index contributed by atoms with van der Waals surface area (Å²) in [6.07, 6.45) is 3.72. The lowest BCUT2D eigenvalue weighted by atomic mass is 9.98. The zero-order valence-corrected chi connectivity index (χ0v) is 11.5. The van der Waals surface area contributed by atoms with E-state index in [2.05, 4.69) is 12.2 Å². The molecule has 102 valence electrons. The van der Waals surface area contributed by atoms with Gasteiger partial charge in [0.15, 0.2) is 0 Å². The first-order valence-electron chi connectivity index (χ1n) is 6.79. The van der Waals surface area contributed by atoms with Crippen molar-refractivity contribution in [1.29, 1.82) is 0 Å². The van der Waals surface area contributed by atoms with Gasteiger partial charge in [-0.15, -0.1) is 0 Å². The molecule has 0 bridgehead atoms. The SMILES string of the molecule is CCCCC(NCCC)c1c(F)ccc(C)c1F. The standard InChI is InChI=1S/C15H23F2N/c1-4-6-7-13(18-10-5-2)14-12(16)9-8-11(3)15(14)17/h8-9,13,18H,4-7,10H2,1-3H3. The summed E-state index contributed by atoms with van der Waals surface area (Å²) >= 11 is 0. The quantitative estimate of drug-likeness (QED) is 0.756. The summed E-state index contributed by atoms with van der Waals surface area (Å²) in [6.45, 7) is 6.59. The minimum absolute atomic E-state index is 0.205. The summed E-state index contributed by atoms with van der Waals surface area (Å²) in [4.78, 5) is 0. The molecule has 1 atom stereocenters. The third kappa shape index (κ3) is 3.77. The fraction of sp³-hybridized carbons (Fsp3) is 0.600. The van der Waals surface area contributed by atoms with Crippen molar-refractivity contribution in [2.45, 2.75) is 52.5 Å². The van der Waals surface area contributed by atoms with Crippen molar-refractivity contribution in [2.75, 3.05) is 6.54 Å². The van der Waals surface area contributed by atoms with Gasteiger partial charge in [-0.05, 0) is 37.9 Å². The highest BCUT2D eigenvalue weighted by atomic mass is 19.1. The summed E-state index contributed by atoms with van der Waals surface area (Å²) in [6, 6.07) is 2.63. The molecule has 18 heavy (non-hydrogen) atoms. The van der Waals surface area contributed by atoms with Crippen LogP contribution in [0.3, 0.4) is 0 Å². The van der Waals surface area contributed by atoms with Crippen LogP contribution in [0.25, 0.3) is 0 Å². The van der Waals surface area contributed by atoms with Crippen LogP contribution < -0.4 is 5.32 Å². The van der Waals surface area contributed by atoms with E-state index in [0.29, 0.717) is 5.56 Å². The third-order valence-electron chi connectivity index (χ3n) is 3.16. The van der Waals surface area contributed by atoms with Crippen LogP contribution in [0.2, 0.25) is 0 Å². The van der Waals surface area contributed by atoms with Crippen LogP contribution in [0.1, 0.15) is 56.7 Å². The van der Waals surface area contributed by atoms with Crippen molar-refractivity contribution in [2.24, 2.45) is 0 Å². The highest BCUT2D eigenvalue weighted by Crippen LogP contribution is 2.27. The number of hydrogen-bond donors (Lipinski definition) is 1. The van der Waals surface area contributed by atoms with Gasteiger partial charge in [-0.3, -0.25) is 0 Å². The average Bonchev–Trinajstić information content (AvgIpc) is 2.36. The predicted molar refractivity (Wildman–Crippen MR) is 71.7 cm³/mol. The summed E-state index contributed by atoms with van der Waals surface area (Å²) in [7, 11) is 0. The molecule has 1 nitrogen and oxygen atoms in total. The molecule has 0 aliphatic carbocycles. The smallest absolute Gasteiger partial charge is 0.133 e. The number of unbranched alkanes of at least 4 members (excludes halogenated alkanes) is 1. The number of hydrogen-bond acceptors (Lipinski definition) is 1. The minimum atomic E-state index is -0.442. The van der Waals surface area contributed by atoms with E-state index in [1.165, 1.54) is 12.1 Å². The summed E-state index contributed by atoms with van der Waals surface area (Å²) < 4.78 is 27.9. The second-order valence-electron chi connectivity index (χ2n) is 4.74. The largest absolute Gasteiger partial charge is 0.310 e. The topological polar surface area (TPSA) is 12.0 Å². The van der Waals surface area contributed by atoms with Crippen LogP contribution in [0, 0.1) is 18.6 Å². The predicted octanol–water partition coefficient (Wildman–Crippen LogP) is 4.50. The van der Waals surface area contributed by atoms with Gasteiger partial charge in [-0.2, -0.15) is 0 Å². The Morgan fingerprint density at radius 3 is 2.50 bits per heavy atom. The molecule has 1 aromatic carbocycles. The van der Waals surface area contributed by atoms with Crippen molar-refractivity contribution >= 4 is 0 Å². The third-order valence-corrected chi connectivity index (χ3v) is 3.16. The maximum atomic E-state index is 14.1. The van der Waals surface area contributed by atoms with Crippen LogP contribution >= 0.6 is 0 Å². The Balaban J connectivity index is 2.99. The number of benzene rings is 1. The van der Waals surface area contributed by atoms with Crippen molar-refractivity contribution in [1.82, 2.24) is 5.32 Å². The zero-order chi connectivity index (χ0) is 13.5. The van der Waals surface area contributed by atoms with Gasteiger partial charge in [0.2, 0.25) is 0 Å². The van der Waals surface area contributed by atoms with Crippen molar-refractivity contribution in [3.63, 3.8) is 0 Å². The van der Waals surface area contributed by atoms with Crippen LogP contribution in [-0.4, -0.2) is 6.54 Å². The molecule has 0 amide bonds. The molecule has 0 aliphatic rings. The van der Waals surface area contributed by atoms with Crippen LogP contribution in [-0.2, 0) is 0 Å². The molecule has 0 heterocycles. The number of aryl methyl sites for hydroxylation is 1. The fourth-order valence-electron chi connectivity index (χ4n) is 2.07. The molecule has 0 spiro atoms. The number of rotatable bonds is 7. The Bertz CT molecular complexity index is 369. The lowest BCUT2D eigenvalue weighted by Gasteiger charge is -2.20. The van der Waals surface area contributed by atoms with Crippen molar-refractivity contribution in [3.05, 3.63) is 34.9 Å². The van der Waals surface area contributed by atoms with E-state index in [1.807, 2.05) is 6.92 Å². The Labute approximate surface area is 109 Å². The normalized spacial score (nSPS) is 12.7. The van der Waals surface area contributed by atoms with Gasteiger partial charge in [-0.1, -0.05) is 32.8 Å². The van der Waals surface area contributed by atoms with Crippen LogP contribution in [0.15, 0.2) is 12.1 Å². The van der Waals surface area contributed by atoms with Gasteiger partial charge < -0.3 is 5.32 Å². The highest BCUT2D eigenvalue weighted by Gasteiger charge is 2.20. The van der Waals surface area contributed by atoms with Gasteiger partial charge in [0.05, 0.1) is 0 Å². The fourth-order valence-corrected chi connectivity index (χ4v) is 2.07. The second-order valence-corrected chi connectivity index (χ2v) is 4.74. The molecule has 0 saturated carbocycles. The monoisotopic (exact) mass is 255 g/mol. The highest BCUT2D eigenvalue weighted by molar-refractivity contribution is 5.29. The molecular weight excluding hydrogens is 232 g/mol. The summed E-state index contributed by atoms with van der Waals surface area (Å²) in [5, 5.41) is 3.25. The van der Waals surface area contributed by atoms with Gasteiger partial charge in [0, 0.05) is 11.6 Å². The molecule has 0 fully saturated rings. The Morgan fingerprint density at radius 1 is 1.17 bits per heavy atom. The van der Waals surface area contributed by atoms with E-state index < -0.39 is 11.6 Å². The van der Waals surface area contributed by atoms with E-state index in [0.717, 1.165) is 32.2 Å². The van der Waals surface area contributed by atoms with Crippen LogP contribution in [0.4, 0.5) is 8.78 Å². The maximum Gasteiger partial charge on any atom is 0.133 e. The van der Waals surface area contributed by atoms with Gasteiger partial charge in [-0.25, -0.2) is 8.78 Å². The molecule has 3 heteroatoms. The van der Waals surface area contributed by atoms with Gasteiger partial charge in [0.1, 0.15) is 11.6 Å². The molecule has 1 unspecified atom stereocenters. The molecular formula is C15H23F2N. The Kier molecular flexibility index (Phi) is 6.27. The maximum absolute atomic E-state index is 14.1. The Morgan fingerprint density at radius 2 is 1.89 bits per heavy atom. The van der Waals surface area contributed by atoms with Crippen molar-refractivity contribution < 1.29 is 8.78 Å². The summed E-state index contributed by atoms with van der Waals surface area (Å²) in [5.41, 5.74) is 0.711. The summed E-state index contributed by atoms with van der Waals surface area (Å²) in [5.74, 6) is -0.845. The van der Waals surface area contributed by atoms with E-state index >= 15 is 0 Å². The zero-order valence-electron chi connectivity index (χ0n) is 11.5. The second kappa shape index (κ2) is 7.47. The van der Waals surface area contributed by atoms with Crippen molar-refractivity contribution in [3.8, 4) is 0 Å². The van der Waals surface area contributed by atoms with E-state index in [1.54, 1.807) is 6.92 Å². The molecule has 1 N–H and O–H groups in total. The molecule has 0 radical (unpaired) electrons. The first kappa shape index (κ1) is 15.1. The molecule has 0 saturated heterocycles. The number of halogens is 2. The Hall–Kier alpha value is -0.960. The average molecular weight is 255 g/mol. The lowest BCUT2D eigenvalue weighted by molar-refractivity contribution is 0.434. The molecule has 1 aromatic rings. The molecule has 1 rings (SSSR count). The number of nitrogens with one attached hydrogen (secondary N) is 1. The molecule has 0 aromatic heterocycles. The lowest BCUT2D eigenvalue weighted by Crippen LogP contribution is -2.24. The van der Waals surface area contributed by atoms with E-state index in [9.17, 15) is 8.78 Å².